The molecule has 0 heterocycles. The van der Waals surface area contributed by atoms with Crippen LogP contribution in [0.25, 0.3) is 0 Å². The normalized spacial score (nSPS) is 14.4. The van der Waals surface area contributed by atoms with Gasteiger partial charge in [0.1, 0.15) is 48.0 Å². The minimum absolute atomic E-state index is 0.0197. The maximum absolute atomic E-state index is 14.4. The van der Waals surface area contributed by atoms with Gasteiger partial charge in [0.15, 0.2) is 0 Å². The average Bonchev–Trinajstić information content (AvgIpc) is 3.34. The van der Waals surface area contributed by atoms with Crippen molar-refractivity contribution >= 4 is 59.2 Å². The first-order chi connectivity index (χ1) is 35.8. The van der Waals surface area contributed by atoms with Crippen LogP contribution in [0.4, 0.5) is 0 Å². The fourth-order valence-corrected chi connectivity index (χ4v) is 7.85. The van der Waals surface area contributed by atoms with Crippen molar-refractivity contribution in [1.82, 2.24) is 42.5 Å². The number of aliphatic carboxylic acids is 2. The lowest BCUT2D eigenvalue weighted by Gasteiger charge is -2.29. The van der Waals surface area contributed by atoms with Gasteiger partial charge in [0.25, 0.3) is 0 Å². The van der Waals surface area contributed by atoms with E-state index in [-0.39, 0.29) is 56.2 Å². The van der Waals surface area contributed by atoms with Gasteiger partial charge < -0.3 is 80.8 Å². The molecule has 0 fully saturated rings. The number of amides is 8. The first-order valence-electron chi connectivity index (χ1n) is 26.3. The molecule has 76 heavy (non-hydrogen) atoms. The lowest BCUT2D eigenvalue weighted by Crippen LogP contribution is -2.61. The summed E-state index contributed by atoms with van der Waals surface area (Å²) in [5.74, 6) is -10.1. The first kappa shape index (κ1) is 67.6. The summed E-state index contributed by atoms with van der Waals surface area (Å²) >= 11 is 0. The van der Waals surface area contributed by atoms with Gasteiger partial charge in [0.05, 0.1) is 12.6 Å². The average molecular weight is 1080 g/mol. The van der Waals surface area contributed by atoms with E-state index >= 15 is 0 Å². The zero-order valence-electron chi connectivity index (χ0n) is 45.1. The Balaban J connectivity index is 3.54. The van der Waals surface area contributed by atoms with Crippen LogP contribution < -0.4 is 65.5 Å². The Hall–Kier alpha value is -6.44. The number of carbonyl (C=O) groups is 10. The van der Waals surface area contributed by atoms with Crippen molar-refractivity contribution in [3.05, 3.63) is 29.8 Å². The maximum Gasteiger partial charge on any atom is 0.326 e. The monoisotopic (exact) mass is 1080 g/mol. The van der Waals surface area contributed by atoms with Crippen molar-refractivity contribution in [2.75, 3.05) is 26.2 Å². The molecule has 25 heteroatoms. The maximum atomic E-state index is 14.4. The van der Waals surface area contributed by atoms with Crippen LogP contribution >= 0.6 is 0 Å². The van der Waals surface area contributed by atoms with E-state index in [1.54, 1.807) is 41.5 Å². The number of rotatable bonds is 39. The second-order valence-corrected chi connectivity index (χ2v) is 20.2. The third-order valence-electron chi connectivity index (χ3n) is 12.1. The Bertz CT molecular complexity index is 2020. The SMILES string of the molecule is CC(C)C[C@H](NC(=O)[C@H](CCCCN)NC(=O)CNC(=O)[C@@H](N)CCCCN)C(=O)N[C@@H](CCC(=O)O)C(=O)N[C@@H](Cc1ccc(O)cc1)C(=O)N[C@@H](CC(C)C)C(=O)N[C@H](C(=O)N[C@@H](CCCCN)C(=O)O)C(C)C. The van der Waals surface area contributed by atoms with Crippen molar-refractivity contribution in [3.8, 4) is 5.75 Å². The highest BCUT2D eigenvalue weighted by Gasteiger charge is 2.36. The summed E-state index contributed by atoms with van der Waals surface area (Å²) in [5, 5.41) is 50.1. The predicted molar refractivity (Wildman–Crippen MR) is 283 cm³/mol. The fraction of sp³-hybridized carbons (Fsp3) is 0.686. The topological polar surface area (TPSA) is 432 Å². The summed E-state index contributed by atoms with van der Waals surface area (Å²) in [4.78, 5) is 134. The number of phenolic OH excluding ortho intramolecular Hbond substituents is 1. The number of unbranched alkanes of at least 4 members (excludes halogenated alkanes) is 3. The van der Waals surface area contributed by atoms with E-state index in [1.165, 1.54) is 24.3 Å². The van der Waals surface area contributed by atoms with Gasteiger partial charge in [0.2, 0.25) is 47.3 Å². The van der Waals surface area contributed by atoms with Crippen LogP contribution in [0.1, 0.15) is 131 Å². The van der Waals surface area contributed by atoms with Crippen LogP contribution in [0.2, 0.25) is 0 Å². The summed E-state index contributed by atoms with van der Waals surface area (Å²) in [5.41, 5.74) is 23.1. The van der Waals surface area contributed by atoms with Gasteiger partial charge in [0, 0.05) is 12.8 Å². The zero-order valence-corrected chi connectivity index (χ0v) is 45.1. The fourth-order valence-electron chi connectivity index (χ4n) is 7.85. The molecule has 19 N–H and O–H groups in total. The number of hydrogen-bond donors (Lipinski definition) is 15. The van der Waals surface area contributed by atoms with Crippen molar-refractivity contribution < 1.29 is 63.3 Å². The number of benzene rings is 1. The molecule has 1 aromatic carbocycles. The lowest BCUT2D eigenvalue weighted by atomic mass is 9.98. The summed E-state index contributed by atoms with van der Waals surface area (Å²) in [7, 11) is 0. The van der Waals surface area contributed by atoms with Crippen LogP contribution in [0.15, 0.2) is 24.3 Å². The molecule has 0 aliphatic carbocycles. The minimum atomic E-state index is -1.61. The first-order valence-corrected chi connectivity index (χ1v) is 26.3. The largest absolute Gasteiger partial charge is 0.508 e. The molecule has 0 aliphatic heterocycles. The third-order valence-corrected chi connectivity index (χ3v) is 12.1. The smallest absolute Gasteiger partial charge is 0.326 e. The van der Waals surface area contributed by atoms with Gasteiger partial charge in [-0.25, -0.2) is 4.79 Å². The van der Waals surface area contributed by atoms with E-state index in [0.29, 0.717) is 63.6 Å². The van der Waals surface area contributed by atoms with E-state index in [0.717, 1.165) is 0 Å². The van der Waals surface area contributed by atoms with Gasteiger partial charge in [-0.15, -0.1) is 0 Å². The highest BCUT2D eigenvalue weighted by Crippen LogP contribution is 2.15. The summed E-state index contributed by atoms with van der Waals surface area (Å²) in [6, 6.07) is -4.65. The molecular formula is C51H88N12O13. The number of phenols is 1. The summed E-state index contributed by atoms with van der Waals surface area (Å²) in [6.07, 6.45) is 2.40. The second-order valence-electron chi connectivity index (χ2n) is 20.2. The van der Waals surface area contributed by atoms with E-state index in [1.807, 2.05) is 0 Å². The number of carbonyl (C=O) groups excluding carboxylic acids is 8. The predicted octanol–water partition coefficient (Wildman–Crippen LogP) is -1.14. The zero-order chi connectivity index (χ0) is 57.5. The number of hydrogen-bond acceptors (Lipinski definition) is 15. The second kappa shape index (κ2) is 36.5. The number of carboxylic acids is 2. The van der Waals surface area contributed by atoms with Gasteiger partial charge >= 0.3 is 11.9 Å². The molecule has 0 saturated heterocycles. The van der Waals surface area contributed by atoms with E-state index in [2.05, 4.69) is 42.5 Å². The Morgan fingerprint density at radius 2 is 0.908 bits per heavy atom. The van der Waals surface area contributed by atoms with E-state index in [4.69, 9.17) is 22.9 Å². The molecule has 0 radical (unpaired) electrons. The highest BCUT2D eigenvalue weighted by molar-refractivity contribution is 5.98. The molecule has 0 aromatic heterocycles. The quantitative estimate of drug-likeness (QED) is 0.0346. The molecule has 0 bridgehead atoms. The van der Waals surface area contributed by atoms with Crippen molar-refractivity contribution in [2.45, 2.75) is 180 Å². The molecule has 8 amide bonds. The lowest BCUT2D eigenvalue weighted by molar-refractivity contribution is -0.143. The molecule has 0 spiro atoms. The number of nitrogens with two attached hydrogens (primary N) is 4. The summed E-state index contributed by atoms with van der Waals surface area (Å²) < 4.78 is 0. The van der Waals surface area contributed by atoms with Crippen molar-refractivity contribution in [2.24, 2.45) is 40.7 Å². The van der Waals surface area contributed by atoms with Crippen LogP contribution in [-0.2, 0) is 54.4 Å². The standard InChI is InChI=1S/C51H88N12O13/c1-29(2)25-38(60-45(69)35(14-8-11-23-53)57-41(65)28-56-44(68)34(55)13-7-10-22-52)47(71)58-36(20-21-42(66)67)46(70)62-40(27-32-16-18-33(64)19-17-32)48(72)61-39(26-30(3)4)49(73)63-43(31(5)6)50(74)59-37(51(75)76)15-9-12-24-54/h16-19,29-31,34-40,43,64H,7-15,20-28,52-55H2,1-6H3,(H,56,68)(H,57,65)(H,58,71)(H,59,74)(H,60,69)(H,61,72)(H,62,70)(H,63,73)(H,66,67)(H,75,76)/t34-,35-,36-,37-,38-,39-,40-,43-/m0/s1. The van der Waals surface area contributed by atoms with Crippen LogP contribution in [0, 0.1) is 17.8 Å². The Labute approximate surface area is 446 Å². The van der Waals surface area contributed by atoms with Crippen molar-refractivity contribution in [3.63, 3.8) is 0 Å². The van der Waals surface area contributed by atoms with Gasteiger partial charge in [-0.2, -0.15) is 0 Å². The van der Waals surface area contributed by atoms with Crippen LogP contribution in [0.5, 0.6) is 5.75 Å². The molecule has 430 valence electrons. The van der Waals surface area contributed by atoms with E-state index < -0.39 is 133 Å². The molecule has 0 unspecified atom stereocenters. The molecule has 1 aromatic rings. The third kappa shape index (κ3) is 27.4. The molecule has 1 rings (SSSR count). The summed E-state index contributed by atoms with van der Waals surface area (Å²) in [6.45, 7) is 10.9. The molecule has 0 saturated carbocycles. The van der Waals surface area contributed by atoms with Gasteiger partial charge in [-0.05, 0) is 126 Å². The molecule has 0 aliphatic rings. The molecule has 8 atom stereocenters. The Kier molecular flexibility index (Phi) is 32.5. The van der Waals surface area contributed by atoms with Crippen molar-refractivity contribution in [1.29, 1.82) is 0 Å². The number of nitrogens with one attached hydrogen (secondary N) is 8. The van der Waals surface area contributed by atoms with Gasteiger partial charge in [-0.3, -0.25) is 43.2 Å². The Morgan fingerprint density at radius 1 is 0.487 bits per heavy atom. The Morgan fingerprint density at radius 3 is 1.38 bits per heavy atom. The molecular weight excluding hydrogens is 989 g/mol. The van der Waals surface area contributed by atoms with Crippen LogP contribution in [0.3, 0.4) is 0 Å². The minimum Gasteiger partial charge on any atom is -0.508 e. The van der Waals surface area contributed by atoms with Crippen LogP contribution in [-0.4, -0.2) is 149 Å². The van der Waals surface area contributed by atoms with E-state index in [9.17, 15) is 63.3 Å². The highest BCUT2D eigenvalue weighted by atomic mass is 16.4. The number of carboxylic acid groups (broad SMARTS) is 2. The molecule has 25 nitrogen and oxygen atoms in total. The number of aromatic hydroxyl groups is 1. The van der Waals surface area contributed by atoms with Gasteiger partial charge in [-0.1, -0.05) is 60.1 Å².